The third-order valence-corrected chi connectivity index (χ3v) is 2.88. The normalized spacial score (nSPS) is 12.4. The molecule has 0 spiro atoms. The standard InChI is InChI=1S/C10H18N4OS/c1-3-7-6-9(14-13-7)12-10(15)8(11)4-5-16-2/h6,8H,3-5,11H2,1-2H3,(H2,12,13,14,15)/t8-/m1/s1. The summed E-state index contributed by atoms with van der Waals surface area (Å²) >= 11 is 1.68. The van der Waals surface area contributed by atoms with Crippen LogP contribution in [-0.2, 0) is 11.2 Å². The van der Waals surface area contributed by atoms with Gasteiger partial charge in [0.25, 0.3) is 0 Å². The van der Waals surface area contributed by atoms with Gasteiger partial charge in [-0.2, -0.15) is 16.9 Å². The summed E-state index contributed by atoms with van der Waals surface area (Å²) in [6.45, 7) is 2.02. The molecule has 1 amide bonds. The van der Waals surface area contributed by atoms with E-state index >= 15 is 0 Å². The molecule has 0 aliphatic carbocycles. The summed E-state index contributed by atoms with van der Waals surface area (Å²) in [5.41, 5.74) is 6.72. The van der Waals surface area contributed by atoms with Crippen molar-refractivity contribution in [3.05, 3.63) is 11.8 Å². The molecule has 0 saturated heterocycles. The number of nitrogens with zero attached hydrogens (tertiary/aromatic N) is 1. The van der Waals surface area contributed by atoms with E-state index in [0.29, 0.717) is 12.2 Å². The molecule has 0 aliphatic rings. The van der Waals surface area contributed by atoms with Crippen LogP contribution < -0.4 is 11.1 Å². The van der Waals surface area contributed by atoms with Crippen molar-refractivity contribution < 1.29 is 4.79 Å². The van der Waals surface area contributed by atoms with Gasteiger partial charge < -0.3 is 11.1 Å². The molecule has 1 atom stereocenters. The highest BCUT2D eigenvalue weighted by atomic mass is 32.2. The minimum absolute atomic E-state index is 0.178. The third-order valence-electron chi connectivity index (χ3n) is 2.23. The molecular weight excluding hydrogens is 224 g/mol. The number of nitrogens with one attached hydrogen (secondary N) is 2. The molecule has 1 rings (SSSR count). The Bertz CT molecular complexity index is 339. The first-order chi connectivity index (χ1) is 7.67. The zero-order valence-electron chi connectivity index (χ0n) is 9.62. The van der Waals surface area contributed by atoms with Crippen LogP contribution in [0, 0.1) is 0 Å². The van der Waals surface area contributed by atoms with Gasteiger partial charge in [-0.3, -0.25) is 9.89 Å². The number of aromatic nitrogens is 2. The van der Waals surface area contributed by atoms with Crippen LogP contribution in [0.25, 0.3) is 0 Å². The topological polar surface area (TPSA) is 83.8 Å². The number of H-pyrrole nitrogens is 1. The predicted molar refractivity (Wildman–Crippen MR) is 67.6 cm³/mol. The molecule has 90 valence electrons. The van der Waals surface area contributed by atoms with Gasteiger partial charge in [-0.15, -0.1) is 0 Å². The van der Waals surface area contributed by atoms with Crippen LogP contribution in [0.2, 0.25) is 0 Å². The zero-order chi connectivity index (χ0) is 12.0. The smallest absolute Gasteiger partial charge is 0.242 e. The van der Waals surface area contributed by atoms with E-state index in [9.17, 15) is 4.79 Å². The molecule has 5 nitrogen and oxygen atoms in total. The molecule has 0 aromatic carbocycles. The Balaban J connectivity index is 2.44. The summed E-state index contributed by atoms with van der Waals surface area (Å²) in [7, 11) is 0. The number of anilines is 1. The fourth-order valence-corrected chi connectivity index (χ4v) is 1.69. The molecule has 16 heavy (non-hydrogen) atoms. The van der Waals surface area contributed by atoms with E-state index in [1.807, 2.05) is 19.2 Å². The van der Waals surface area contributed by atoms with Crippen molar-refractivity contribution in [2.45, 2.75) is 25.8 Å². The molecule has 1 heterocycles. The number of amides is 1. The summed E-state index contributed by atoms with van der Waals surface area (Å²) < 4.78 is 0. The van der Waals surface area contributed by atoms with E-state index in [1.165, 1.54) is 0 Å². The van der Waals surface area contributed by atoms with Crippen LogP contribution in [0.4, 0.5) is 5.82 Å². The highest BCUT2D eigenvalue weighted by Crippen LogP contribution is 2.07. The lowest BCUT2D eigenvalue weighted by Gasteiger charge is -2.09. The molecule has 0 bridgehead atoms. The van der Waals surface area contributed by atoms with Crippen molar-refractivity contribution in [3.8, 4) is 0 Å². The minimum Gasteiger partial charge on any atom is -0.320 e. The lowest BCUT2D eigenvalue weighted by atomic mass is 10.2. The maximum absolute atomic E-state index is 11.6. The largest absolute Gasteiger partial charge is 0.320 e. The van der Waals surface area contributed by atoms with Gasteiger partial charge >= 0.3 is 0 Å². The fourth-order valence-electron chi connectivity index (χ4n) is 1.20. The first kappa shape index (κ1) is 13.1. The molecular formula is C10H18N4OS. The Morgan fingerprint density at radius 2 is 2.50 bits per heavy atom. The van der Waals surface area contributed by atoms with Crippen LogP contribution in [-0.4, -0.2) is 34.2 Å². The van der Waals surface area contributed by atoms with Crippen molar-refractivity contribution in [1.82, 2.24) is 10.2 Å². The lowest BCUT2D eigenvalue weighted by molar-refractivity contribution is -0.117. The van der Waals surface area contributed by atoms with Crippen LogP contribution in [0.15, 0.2) is 6.07 Å². The van der Waals surface area contributed by atoms with E-state index in [2.05, 4.69) is 15.5 Å². The SMILES string of the molecule is CCc1cc(NC(=O)[C@H](N)CCSC)n[nH]1. The highest BCUT2D eigenvalue weighted by Gasteiger charge is 2.14. The second kappa shape index (κ2) is 6.55. The summed E-state index contributed by atoms with van der Waals surface area (Å²) in [6.07, 6.45) is 3.53. The van der Waals surface area contributed by atoms with E-state index < -0.39 is 6.04 Å². The summed E-state index contributed by atoms with van der Waals surface area (Å²) in [5, 5.41) is 9.49. The average Bonchev–Trinajstić information content (AvgIpc) is 2.73. The number of nitrogens with two attached hydrogens (primary N) is 1. The second-order valence-corrected chi connectivity index (χ2v) is 4.49. The molecule has 1 aromatic rings. The Kier molecular flexibility index (Phi) is 5.34. The van der Waals surface area contributed by atoms with Crippen molar-refractivity contribution >= 4 is 23.5 Å². The predicted octanol–water partition coefficient (Wildman–Crippen LogP) is 0.991. The average molecular weight is 242 g/mol. The van der Waals surface area contributed by atoms with Crippen LogP contribution >= 0.6 is 11.8 Å². The number of aryl methyl sites for hydroxylation is 1. The molecule has 0 unspecified atom stereocenters. The summed E-state index contributed by atoms with van der Waals surface area (Å²) in [6, 6.07) is 1.35. The van der Waals surface area contributed by atoms with Gasteiger partial charge in [-0.05, 0) is 24.9 Å². The molecule has 0 saturated carbocycles. The quantitative estimate of drug-likeness (QED) is 0.694. The van der Waals surface area contributed by atoms with Crippen molar-refractivity contribution in [2.75, 3.05) is 17.3 Å². The third kappa shape index (κ3) is 3.86. The van der Waals surface area contributed by atoms with Crippen LogP contribution in [0.1, 0.15) is 19.0 Å². The van der Waals surface area contributed by atoms with Crippen molar-refractivity contribution in [3.63, 3.8) is 0 Å². The van der Waals surface area contributed by atoms with Gasteiger partial charge in [-0.1, -0.05) is 6.92 Å². The molecule has 4 N–H and O–H groups in total. The van der Waals surface area contributed by atoms with E-state index in [1.54, 1.807) is 11.8 Å². The van der Waals surface area contributed by atoms with Gasteiger partial charge in [0.1, 0.15) is 0 Å². The number of rotatable bonds is 6. The molecule has 1 aromatic heterocycles. The zero-order valence-corrected chi connectivity index (χ0v) is 10.4. The van der Waals surface area contributed by atoms with Gasteiger partial charge in [-0.25, -0.2) is 0 Å². The number of thioether (sulfide) groups is 1. The van der Waals surface area contributed by atoms with Crippen LogP contribution in [0.5, 0.6) is 0 Å². The van der Waals surface area contributed by atoms with E-state index in [4.69, 9.17) is 5.73 Å². The fraction of sp³-hybridized carbons (Fsp3) is 0.600. The first-order valence-corrected chi connectivity index (χ1v) is 6.66. The van der Waals surface area contributed by atoms with Gasteiger partial charge in [0.2, 0.25) is 5.91 Å². The van der Waals surface area contributed by atoms with Gasteiger partial charge in [0, 0.05) is 11.8 Å². The number of carbonyl (C=O) groups excluding carboxylic acids is 1. The van der Waals surface area contributed by atoms with E-state index in [-0.39, 0.29) is 5.91 Å². The Labute approximate surface area is 99.6 Å². The maximum Gasteiger partial charge on any atom is 0.242 e. The number of hydrogen-bond acceptors (Lipinski definition) is 4. The number of carbonyl (C=O) groups is 1. The highest BCUT2D eigenvalue weighted by molar-refractivity contribution is 7.98. The second-order valence-electron chi connectivity index (χ2n) is 3.51. The van der Waals surface area contributed by atoms with Gasteiger partial charge in [0.15, 0.2) is 5.82 Å². The number of hydrogen-bond donors (Lipinski definition) is 3. The van der Waals surface area contributed by atoms with Crippen LogP contribution in [0.3, 0.4) is 0 Å². The molecule has 0 fully saturated rings. The maximum atomic E-state index is 11.6. The monoisotopic (exact) mass is 242 g/mol. The lowest BCUT2D eigenvalue weighted by Crippen LogP contribution is -2.36. The number of aromatic amines is 1. The Morgan fingerprint density at radius 1 is 1.75 bits per heavy atom. The van der Waals surface area contributed by atoms with E-state index in [0.717, 1.165) is 17.9 Å². The molecule has 0 aliphatic heterocycles. The first-order valence-electron chi connectivity index (χ1n) is 5.27. The Morgan fingerprint density at radius 3 is 3.06 bits per heavy atom. The van der Waals surface area contributed by atoms with Crippen molar-refractivity contribution in [2.24, 2.45) is 5.73 Å². The molecule has 0 radical (unpaired) electrons. The molecule has 6 heteroatoms. The minimum atomic E-state index is -0.464. The summed E-state index contributed by atoms with van der Waals surface area (Å²) in [4.78, 5) is 11.6. The van der Waals surface area contributed by atoms with Crippen molar-refractivity contribution in [1.29, 1.82) is 0 Å². The summed E-state index contributed by atoms with van der Waals surface area (Å²) in [5.74, 6) is 1.25. The van der Waals surface area contributed by atoms with Gasteiger partial charge in [0.05, 0.1) is 6.04 Å². The Hall–Kier alpha value is -1.01.